The summed E-state index contributed by atoms with van der Waals surface area (Å²) >= 11 is 2.66. The Morgan fingerprint density at radius 2 is 2.03 bits per heavy atom. The van der Waals surface area contributed by atoms with E-state index in [0.717, 1.165) is 11.3 Å². The molecule has 1 aliphatic heterocycles. The molecule has 0 radical (unpaired) electrons. The van der Waals surface area contributed by atoms with Gasteiger partial charge in [-0.15, -0.1) is 11.3 Å². The van der Waals surface area contributed by atoms with E-state index in [-0.39, 0.29) is 17.9 Å². The molecule has 3 aromatic heterocycles. The van der Waals surface area contributed by atoms with Gasteiger partial charge in [-0.3, -0.25) is 19.5 Å². The molecule has 0 saturated heterocycles. The minimum atomic E-state index is -0.645. The minimum Gasteiger partial charge on any atom is -0.463 e. The zero-order valence-electron chi connectivity index (χ0n) is 20.6. The van der Waals surface area contributed by atoms with E-state index in [2.05, 4.69) is 0 Å². The van der Waals surface area contributed by atoms with Crippen LogP contribution in [0.4, 0.5) is 5.69 Å². The van der Waals surface area contributed by atoms with Crippen molar-refractivity contribution in [1.82, 2.24) is 4.57 Å². The number of hydrogen-bond acceptors (Lipinski definition) is 9. The SMILES string of the molecule is CCCC1=C(C(=O)OCC)C(c2cccs2)n2c(s/c(=C\c3ccc(-c4ccccc4[N+](=O)[O-])o3)c2=O)=N1. The average molecular weight is 550 g/mol. The minimum absolute atomic E-state index is 0.0707. The first-order chi connectivity index (χ1) is 18.4. The molecule has 4 heterocycles. The summed E-state index contributed by atoms with van der Waals surface area (Å²) in [6.07, 6.45) is 2.94. The monoisotopic (exact) mass is 549 g/mol. The average Bonchev–Trinajstić information content (AvgIpc) is 3.66. The lowest BCUT2D eigenvalue weighted by atomic mass is 9.99. The van der Waals surface area contributed by atoms with Gasteiger partial charge in [-0.2, -0.15) is 0 Å². The highest BCUT2D eigenvalue weighted by molar-refractivity contribution is 7.10. The quantitative estimate of drug-likeness (QED) is 0.177. The van der Waals surface area contributed by atoms with E-state index in [1.54, 1.807) is 47.9 Å². The van der Waals surface area contributed by atoms with Crippen LogP contribution in [-0.2, 0) is 9.53 Å². The van der Waals surface area contributed by atoms with Crippen LogP contribution in [0.1, 0.15) is 43.4 Å². The fourth-order valence-corrected chi connectivity index (χ4v) is 6.21. The van der Waals surface area contributed by atoms with Crippen molar-refractivity contribution in [2.45, 2.75) is 32.7 Å². The van der Waals surface area contributed by atoms with Crippen LogP contribution in [-0.4, -0.2) is 22.1 Å². The summed E-state index contributed by atoms with van der Waals surface area (Å²) in [5.41, 5.74) is 0.965. The van der Waals surface area contributed by atoms with Gasteiger partial charge in [-0.1, -0.05) is 42.9 Å². The van der Waals surface area contributed by atoms with Crippen LogP contribution < -0.4 is 14.9 Å². The smallest absolute Gasteiger partial charge is 0.338 e. The third kappa shape index (κ3) is 4.66. The Balaban J connectivity index is 1.65. The third-order valence-corrected chi connectivity index (χ3v) is 7.88. The topological polar surface area (TPSA) is 117 Å². The van der Waals surface area contributed by atoms with Gasteiger partial charge in [-0.25, -0.2) is 9.79 Å². The van der Waals surface area contributed by atoms with Gasteiger partial charge in [0, 0.05) is 17.0 Å². The predicted octanol–water partition coefficient (Wildman–Crippen LogP) is 4.81. The first-order valence-electron chi connectivity index (χ1n) is 12.0. The number of furan rings is 1. The van der Waals surface area contributed by atoms with Crippen molar-refractivity contribution in [2.24, 2.45) is 4.99 Å². The number of fused-ring (bicyclic) bond motifs is 1. The molecule has 0 spiro atoms. The summed E-state index contributed by atoms with van der Waals surface area (Å²) in [4.78, 5) is 43.8. The maximum absolute atomic E-state index is 13.7. The number of esters is 1. The lowest BCUT2D eigenvalue weighted by Gasteiger charge is -2.24. The van der Waals surface area contributed by atoms with E-state index in [4.69, 9.17) is 14.1 Å². The molecule has 0 amide bonds. The molecule has 1 atom stereocenters. The molecule has 38 heavy (non-hydrogen) atoms. The van der Waals surface area contributed by atoms with Crippen LogP contribution in [0.15, 0.2) is 79.4 Å². The van der Waals surface area contributed by atoms with Gasteiger partial charge in [0.25, 0.3) is 11.2 Å². The normalized spacial score (nSPS) is 15.3. The summed E-state index contributed by atoms with van der Waals surface area (Å²) in [6.45, 7) is 3.96. The number of thiazole rings is 1. The van der Waals surface area contributed by atoms with Crippen molar-refractivity contribution < 1.29 is 18.9 Å². The Hall–Kier alpha value is -4.09. The molecule has 1 unspecified atom stereocenters. The molecule has 11 heteroatoms. The number of nitrogens with zero attached hydrogens (tertiary/aromatic N) is 3. The number of allylic oxidation sites excluding steroid dienone is 1. The van der Waals surface area contributed by atoms with Crippen molar-refractivity contribution in [3.8, 4) is 11.3 Å². The lowest BCUT2D eigenvalue weighted by Crippen LogP contribution is -2.39. The van der Waals surface area contributed by atoms with E-state index in [0.29, 0.717) is 44.1 Å². The molecular weight excluding hydrogens is 526 g/mol. The first-order valence-corrected chi connectivity index (χ1v) is 13.7. The number of nitro groups is 1. The number of ether oxygens (including phenoxy) is 1. The number of rotatable bonds is 8. The van der Waals surface area contributed by atoms with E-state index in [1.165, 1.54) is 28.7 Å². The lowest BCUT2D eigenvalue weighted by molar-refractivity contribution is -0.384. The molecule has 9 nitrogen and oxygen atoms in total. The summed E-state index contributed by atoms with van der Waals surface area (Å²) in [7, 11) is 0. The van der Waals surface area contributed by atoms with Crippen LogP contribution in [0, 0.1) is 10.1 Å². The maximum atomic E-state index is 13.7. The summed E-state index contributed by atoms with van der Waals surface area (Å²) in [6, 6.07) is 12.7. The van der Waals surface area contributed by atoms with Crippen molar-refractivity contribution >= 4 is 40.4 Å². The number of benzene rings is 1. The molecule has 4 aromatic rings. The number of carbonyl (C=O) groups excluding carboxylic acids is 1. The second-order valence-electron chi connectivity index (χ2n) is 8.41. The number of aromatic nitrogens is 1. The number of thiophene rings is 1. The van der Waals surface area contributed by atoms with E-state index < -0.39 is 16.9 Å². The Morgan fingerprint density at radius 1 is 1.21 bits per heavy atom. The number of nitro benzene ring substituents is 1. The Kier molecular flexibility index (Phi) is 7.21. The molecule has 0 fully saturated rings. The van der Waals surface area contributed by atoms with Gasteiger partial charge in [0.2, 0.25) is 0 Å². The van der Waals surface area contributed by atoms with Crippen molar-refractivity contribution in [3.63, 3.8) is 0 Å². The van der Waals surface area contributed by atoms with Gasteiger partial charge in [0.05, 0.1) is 32.9 Å². The molecule has 0 aliphatic carbocycles. The Labute approximate surface area is 224 Å². The van der Waals surface area contributed by atoms with Gasteiger partial charge in [0.15, 0.2) is 4.80 Å². The summed E-state index contributed by atoms with van der Waals surface area (Å²) in [5.74, 6) is 0.213. The Bertz CT molecular complexity index is 1730. The third-order valence-electron chi connectivity index (χ3n) is 5.97. The number of hydrogen-bond donors (Lipinski definition) is 0. The van der Waals surface area contributed by atoms with E-state index in [9.17, 15) is 19.7 Å². The van der Waals surface area contributed by atoms with Gasteiger partial charge in [0.1, 0.15) is 17.6 Å². The van der Waals surface area contributed by atoms with E-state index >= 15 is 0 Å². The maximum Gasteiger partial charge on any atom is 0.338 e. The van der Waals surface area contributed by atoms with Crippen molar-refractivity contribution in [1.29, 1.82) is 0 Å². The van der Waals surface area contributed by atoms with Crippen LogP contribution >= 0.6 is 22.7 Å². The van der Waals surface area contributed by atoms with Crippen molar-refractivity contribution in [3.05, 3.63) is 106 Å². The molecule has 0 bridgehead atoms. The molecule has 1 aromatic carbocycles. The Morgan fingerprint density at radius 3 is 2.74 bits per heavy atom. The zero-order valence-corrected chi connectivity index (χ0v) is 22.2. The number of para-hydroxylation sites is 1. The highest BCUT2D eigenvalue weighted by Crippen LogP contribution is 2.35. The number of carbonyl (C=O) groups is 1. The summed E-state index contributed by atoms with van der Waals surface area (Å²) < 4.78 is 13.2. The fourth-order valence-electron chi connectivity index (χ4n) is 4.38. The molecule has 194 valence electrons. The standard InChI is InChI=1S/C27H23N3O6S2/c1-3-8-18-23(26(32)35-4-2)24(21-11-7-14-37-21)29-25(31)22(38-27(29)28-18)15-16-12-13-20(36-16)17-9-5-6-10-19(17)30(33)34/h5-7,9-15,24H,3-4,8H2,1-2H3/b22-15-. The second kappa shape index (κ2) is 10.7. The highest BCUT2D eigenvalue weighted by Gasteiger charge is 2.34. The van der Waals surface area contributed by atoms with Crippen LogP contribution in [0.25, 0.3) is 17.4 Å². The largest absolute Gasteiger partial charge is 0.463 e. The fraction of sp³-hybridized carbons (Fsp3) is 0.222. The zero-order chi connectivity index (χ0) is 26.8. The van der Waals surface area contributed by atoms with Crippen LogP contribution in [0.3, 0.4) is 0 Å². The molecule has 1 aliphatic rings. The first kappa shape index (κ1) is 25.6. The second-order valence-corrected chi connectivity index (χ2v) is 10.4. The van der Waals surface area contributed by atoms with Gasteiger partial charge in [-0.05, 0) is 43.0 Å². The van der Waals surface area contributed by atoms with Gasteiger partial charge >= 0.3 is 5.97 Å². The van der Waals surface area contributed by atoms with Crippen molar-refractivity contribution in [2.75, 3.05) is 6.61 Å². The molecular formula is C27H23N3O6S2. The van der Waals surface area contributed by atoms with Gasteiger partial charge < -0.3 is 9.15 Å². The summed E-state index contributed by atoms with van der Waals surface area (Å²) in [5, 5.41) is 13.3. The molecule has 0 N–H and O–H groups in total. The highest BCUT2D eigenvalue weighted by atomic mass is 32.1. The predicted molar refractivity (Wildman–Crippen MR) is 145 cm³/mol. The molecule has 5 rings (SSSR count). The van der Waals surface area contributed by atoms with E-state index in [1.807, 2.05) is 24.4 Å². The van der Waals surface area contributed by atoms with Crippen LogP contribution in [0.5, 0.6) is 0 Å². The van der Waals surface area contributed by atoms with Crippen LogP contribution in [0.2, 0.25) is 0 Å². The molecule has 0 saturated carbocycles.